The Balaban J connectivity index is 1.15. The zero-order valence-corrected chi connectivity index (χ0v) is 49.7. The Hall–Kier alpha value is -8.70. The van der Waals surface area contributed by atoms with Gasteiger partial charge in [0.2, 0.25) is 11.8 Å². The lowest BCUT2D eigenvalue weighted by Crippen LogP contribution is -2.48. The van der Waals surface area contributed by atoms with Crippen LogP contribution in [0, 0.1) is 48.1 Å². The average molecular weight is 1190 g/mol. The maximum absolute atomic E-state index is 15.0. The van der Waals surface area contributed by atoms with Crippen LogP contribution in [0.5, 0.6) is 11.5 Å². The molecule has 0 radical (unpaired) electrons. The molecule has 0 fully saturated rings. The van der Waals surface area contributed by atoms with Crippen LogP contribution in [0.4, 0.5) is 8.78 Å². The third-order valence-electron chi connectivity index (χ3n) is 14.7. The molecule has 0 saturated heterocycles. The minimum Gasteiger partial charge on any atom is -0.496 e. The lowest BCUT2D eigenvalue weighted by molar-refractivity contribution is -0.135. The molecule has 8 aromatic rings. The molecular weight excluding hydrogens is 1130 g/mol. The minimum atomic E-state index is -1.40. The highest BCUT2D eigenvalue weighted by Gasteiger charge is 2.34. The number of nitriles is 2. The number of ether oxygens (including phenoxy) is 4. The molecule has 0 N–H and O–H groups in total. The lowest BCUT2D eigenvalue weighted by atomic mass is 10.1. The number of likely N-dealkylation sites (N-methyl/N-ethyl adjacent to an activating group) is 2. The third-order valence-corrected chi connectivity index (χ3v) is 17.3. The monoisotopic (exact) mass is 1190 g/mol. The Morgan fingerprint density at radius 2 is 1.11 bits per heavy atom. The van der Waals surface area contributed by atoms with E-state index in [9.17, 15) is 48.1 Å². The molecule has 84 heavy (non-hydrogen) atoms. The molecule has 28 heteroatoms. The number of carbonyl (C=O) groups excluding carboxylic acids is 2. The highest BCUT2D eigenvalue weighted by Crippen LogP contribution is 2.37. The van der Waals surface area contributed by atoms with Crippen LogP contribution in [0.1, 0.15) is 99.7 Å². The first-order chi connectivity index (χ1) is 40.1. The second-order valence-corrected chi connectivity index (χ2v) is 22.2. The first kappa shape index (κ1) is 61.4. The SMILES string of the molecule is COc1ccc(F)cc1[C@H](Cn1c(=O)n([C@H](C)C(=O)N(C)C(C)Cc2cnn(-c3sc4c(c3C)c(=O)n([C@@H](C)C(=O)N(C)C(C)C)c(=O)n4C[C@H](OCCC#N)c3cc(F)ccc3OC)n2)c(=O)c2c(C)c(-n3nccn3)sc21)OCCC#N. The topological polar surface area (TPSA) is 275 Å². The number of hydrogen-bond donors (Lipinski definition) is 0. The van der Waals surface area contributed by atoms with Gasteiger partial charge in [0, 0.05) is 54.9 Å². The second kappa shape index (κ2) is 25.8. The van der Waals surface area contributed by atoms with E-state index in [4.69, 9.17) is 24.0 Å². The predicted molar refractivity (Wildman–Crippen MR) is 307 cm³/mol. The van der Waals surface area contributed by atoms with Gasteiger partial charge in [-0.2, -0.15) is 30.9 Å². The van der Waals surface area contributed by atoms with Gasteiger partial charge in [-0.25, -0.2) is 27.5 Å². The summed E-state index contributed by atoms with van der Waals surface area (Å²) in [5.74, 6) is -1.88. The minimum absolute atomic E-state index is 0.0335. The number of rotatable bonds is 24. The number of amides is 2. The van der Waals surface area contributed by atoms with Crippen LogP contribution in [0.25, 0.3) is 30.4 Å². The largest absolute Gasteiger partial charge is 0.496 e. The van der Waals surface area contributed by atoms with Gasteiger partial charge >= 0.3 is 11.4 Å². The van der Waals surface area contributed by atoms with E-state index in [0.717, 1.165) is 31.8 Å². The van der Waals surface area contributed by atoms with Crippen molar-refractivity contribution < 1.29 is 37.3 Å². The number of halogens is 2. The molecule has 0 bridgehead atoms. The van der Waals surface area contributed by atoms with Gasteiger partial charge in [0.25, 0.3) is 11.1 Å². The van der Waals surface area contributed by atoms with E-state index in [0.29, 0.717) is 26.8 Å². The van der Waals surface area contributed by atoms with Crippen LogP contribution in [0.3, 0.4) is 0 Å². The molecule has 8 rings (SSSR count). The summed E-state index contributed by atoms with van der Waals surface area (Å²) in [4.78, 5) is 93.7. The van der Waals surface area contributed by atoms with Gasteiger partial charge in [0.05, 0.1) is 101 Å². The highest BCUT2D eigenvalue weighted by atomic mass is 32.1. The zero-order chi connectivity index (χ0) is 61.0. The second-order valence-electron chi connectivity index (χ2n) is 20.2. The number of nitrogens with zero attached hydrogens (tertiary/aromatic N) is 14. The van der Waals surface area contributed by atoms with Crippen molar-refractivity contribution in [1.29, 1.82) is 10.5 Å². The van der Waals surface area contributed by atoms with Crippen LogP contribution in [-0.4, -0.2) is 123 Å². The van der Waals surface area contributed by atoms with Crippen molar-refractivity contribution in [2.45, 2.75) is 117 Å². The van der Waals surface area contributed by atoms with Gasteiger partial charge in [-0.05, 0) is 84.9 Å². The summed E-state index contributed by atoms with van der Waals surface area (Å²) in [6, 6.07) is 8.05. The summed E-state index contributed by atoms with van der Waals surface area (Å²) in [5, 5.41) is 37.5. The average Bonchev–Trinajstić information content (AvgIpc) is 2.10. The zero-order valence-electron chi connectivity index (χ0n) is 48.0. The number of fused-ring (bicyclic) bond motifs is 2. The summed E-state index contributed by atoms with van der Waals surface area (Å²) in [7, 11) is 5.87. The molecule has 0 saturated carbocycles. The number of carbonyl (C=O) groups is 2. The number of thiophene rings is 2. The number of aryl methyl sites for hydroxylation is 2. The molecule has 5 atom stereocenters. The van der Waals surface area contributed by atoms with E-state index in [1.54, 1.807) is 41.7 Å². The van der Waals surface area contributed by atoms with Gasteiger partial charge in [0.1, 0.15) is 67.1 Å². The Labute approximate surface area is 487 Å². The van der Waals surface area contributed by atoms with E-state index in [2.05, 4.69) is 15.3 Å². The highest BCUT2D eigenvalue weighted by molar-refractivity contribution is 7.21. The summed E-state index contributed by atoms with van der Waals surface area (Å²) in [6.07, 6.45) is 2.20. The van der Waals surface area contributed by atoms with Crippen molar-refractivity contribution in [3.63, 3.8) is 0 Å². The van der Waals surface area contributed by atoms with Gasteiger partial charge in [-0.1, -0.05) is 22.7 Å². The van der Waals surface area contributed by atoms with Crippen molar-refractivity contribution in [3.05, 3.63) is 136 Å². The molecule has 0 aliphatic carbocycles. The van der Waals surface area contributed by atoms with Crippen LogP contribution in [0.2, 0.25) is 0 Å². The van der Waals surface area contributed by atoms with Crippen molar-refractivity contribution in [2.24, 2.45) is 0 Å². The Kier molecular flexibility index (Phi) is 18.9. The summed E-state index contributed by atoms with van der Waals surface area (Å²) >= 11 is 2.07. The fourth-order valence-corrected chi connectivity index (χ4v) is 12.3. The lowest BCUT2D eigenvalue weighted by Gasteiger charge is -2.28. The first-order valence-corrected chi connectivity index (χ1v) is 28.2. The van der Waals surface area contributed by atoms with E-state index in [1.807, 2.05) is 12.1 Å². The molecule has 442 valence electrons. The Morgan fingerprint density at radius 1 is 0.667 bits per heavy atom. The molecule has 0 aliphatic rings. The maximum Gasteiger partial charge on any atom is 0.332 e. The standard InChI is InChI=1S/C56H62F2N14O10S2/c1-30(2)65(8)47(73)34(6)69-50(76)46-33(5)52(84-54(46)68(55(69)77)29-44(82-23-13-19-60)40-26-37(58)15-17-42(40)80-11)72-63-27-38(64-72)24-31(3)66(9)48(74)35(7)70-49(75)45-32(4)51(71-61-20-21-62-71)83-53(45)67(56(70)78)28-43(81-22-12-18-59)39-25-36(57)14-16-41(39)79-10/h14-17,20-21,25-27,30-31,34-35,43-44H,12-13,22-24,28-29H2,1-11H3/t31?,34-,35+,43-,44-/m0/s1. The van der Waals surface area contributed by atoms with Gasteiger partial charge in [-0.3, -0.25) is 28.3 Å². The van der Waals surface area contributed by atoms with Gasteiger partial charge in [-0.15, -0.1) is 9.59 Å². The molecule has 1 unspecified atom stereocenters. The maximum atomic E-state index is 15.0. The molecule has 2 amide bonds. The third kappa shape index (κ3) is 11.9. The molecule has 2 aromatic carbocycles. The Morgan fingerprint density at radius 3 is 1.54 bits per heavy atom. The molecule has 6 aromatic heterocycles. The van der Waals surface area contributed by atoms with Crippen molar-refractivity contribution in [2.75, 3.05) is 41.5 Å². The summed E-state index contributed by atoms with van der Waals surface area (Å²) in [6.45, 7) is 10.7. The summed E-state index contributed by atoms with van der Waals surface area (Å²) in [5.41, 5.74) is -1.63. The fourth-order valence-electron chi connectivity index (χ4n) is 9.84. The van der Waals surface area contributed by atoms with Crippen molar-refractivity contribution >= 4 is 54.9 Å². The van der Waals surface area contributed by atoms with Crippen molar-refractivity contribution in [3.8, 4) is 33.6 Å². The molecule has 6 heterocycles. The number of aromatic nitrogens is 10. The predicted octanol–water partition coefficient (Wildman–Crippen LogP) is 6.26. The summed E-state index contributed by atoms with van der Waals surface area (Å²) < 4.78 is 57.6. The number of benzene rings is 2. The van der Waals surface area contributed by atoms with Crippen LogP contribution in [0.15, 0.2) is 74.2 Å². The molecular formula is C56H62F2N14O10S2. The Bertz CT molecular complexity index is 4110. The number of hydrogen-bond acceptors (Lipinski definition) is 18. The van der Waals surface area contributed by atoms with E-state index in [1.165, 1.54) is 119 Å². The quantitative estimate of drug-likeness (QED) is 0.0604. The van der Waals surface area contributed by atoms with Crippen LogP contribution >= 0.6 is 22.7 Å². The smallest absolute Gasteiger partial charge is 0.332 e. The normalized spacial score (nSPS) is 13.4. The van der Waals surface area contributed by atoms with Crippen molar-refractivity contribution in [1.82, 2.24) is 58.1 Å². The molecule has 24 nitrogen and oxygen atoms in total. The van der Waals surface area contributed by atoms with E-state index < -0.39 is 76.3 Å². The molecule has 0 spiro atoms. The number of methoxy groups -OCH3 is 2. The van der Waals surface area contributed by atoms with E-state index in [-0.39, 0.29) is 94.7 Å². The molecule has 0 aliphatic heterocycles. The van der Waals surface area contributed by atoms with Crippen LogP contribution < -0.4 is 32.0 Å². The van der Waals surface area contributed by atoms with E-state index >= 15 is 0 Å². The van der Waals surface area contributed by atoms with Crippen LogP contribution in [-0.2, 0) is 38.6 Å². The first-order valence-electron chi connectivity index (χ1n) is 26.6. The van der Waals surface area contributed by atoms with Gasteiger partial charge in [0.15, 0.2) is 0 Å². The fraction of sp³-hybridized carbons (Fsp3) is 0.429. The van der Waals surface area contributed by atoms with Gasteiger partial charge < -0.3 is 28.7 Å².